The summed E-state index contributed by atoms with van der Waals surface area (Å²) in [5.41, 5.74) is 0.524. The van der Waals surface area contributed by atoms with Gasteiger partial charge in [0.05, 0.1) is 11.8 Å². The van der Waals surface area contributed by atoms with Crippen LogP contribution < -0.4 is 5.32 Å². The van der Waals surface area contributed by atoms with E-state index in [9.17, 15) is 4.79 Å². The molecular formula is C7H7Br2NO2. The van der Waals surface area contributed by atoms with Crippen LogP contribution in [0.5, 0.6) is 0 Å². The molecule has 0 saturated heterocycles. The Morgan fingerprint density at radius 3 is 2.92 bits per heavy atom. The van der Waals surface area contributed by atoms with Gasteiger partial charge in [0, 0.05) is 11.9 Å². The van der Waals surface area contributed by atoms with E-state index in [0.717, 1.165) is 5.33 Å². The number of nitrogens with one attached hydrogen (secondary N) is 1. The highest BCUT2D eigenvalue weighted by molar-refractivity contribution is 9.10. The zero-order valence-electron chi connectivity index (χ0n) is 6.14. The van der Waals surface area contributed by atoms with Gasteiger partial charge >= 0.3 is 0 Å². The van der Waals surface area contributed by atoms with Gasteiger partial charge in [0.15, 0.2) is 4.67 Å². The van der Waals surface area contributed by atoms with E-state index in [2.05, 4.69) is 37.2 Å². The maximum atomic E-state index is 11.3. The summed E-state index contributed by atoms with van der Waals surface area (Å²) < 4.78 is 5.38. The first kappa shape index (κ1) is 9.80. The number of halogens is 2. The van der Waals surface area contributed by atoms with Crippen LogP contribution in [0, 0.1) is 0 Å². The van der Waals surface area contributed by atoms with E-state index in [1.54, 1.807) is 6.07 Å². The van der Waals surface area contributed by atoms with Crippen LogP contribution in [0.3, 0.4) is 0 Å². The lowest BCUT2D eigenvalue weighted by Crippen LogP contribution is -2.24. The third-order valence-corrected chi connectivity index (χ3v) is 2.25. The normalized spacial score (nSPS) is 9.83. The van der Waals surface area contributed by atoms with Crippen LogP contribution in [-0.2, 0) is 0 Å². The Hall–Kier alpha value is -0.290. The van der Waals surface area contributed by atoms with Crippen molar-refractivity contribution in [1.82, 2.24) is 5.32 Å². The van der Waals surface area contributed by atoms with Crippen molar-refractivity contribution in [2.45, 2.75) is 0 Å². The summed E-state index contributed by atoms with van der Waals surface area (Å²) in [6.07, 6.45) is 1.47. The molecule has 0 radical (unpaired) electrons. The van der Waals surface area contributed by atoms with Crippen LogP contribution >= 0.6 is 31.9 Å². The molecule has 0 unspecified atom stereocenters. The largest absolute Gasteiger partial charge is 0.457 e. The number of amides is 1. The Morgan fingerprint density at radius 2 is 2.42 bits per heavy atom. The van der Waals surface area contributed by atoms with Crippen molar-refractivity contribution in [1.29, 1.82) is 0 Å². The number of furan rings is 1. The van der Waals surface area contributed by atoms with Gasteiger partial charge in [0.1, 0.15) is 0 Å². The fourth-order valence-electron chi connectivity index (χ4n) is 0.712. The van der Waals surface area contributed by atoms with Gasteiger partial charge in [0.2, 0.25) is 0 Å². The topological polar surface area (TPSA) is 42.2 Å². The molecule has 0 atom stereocenters. The van der Waals surface area contributed by atoms with Gasteiger partial charge in [-0.3, -0.25) is 4.79 Å². The van der Waals surface area contributed by atoms with Crippen LogP contribution in [0.4, 0.5) is 0 Å². The first-order chi connectivity index (χ1) is 5.75. The van der Waals surface area contributed by atoms with Crippen LogP contribution in [-0.4, -0.2) is 17.8 Å². The number of carbonyl (C=O) groups excluding carboxylic acids is 1. The fraction of sp³-hybridized carbons (Fsp3) is 0.286. The van der Waals surface area contributed by atoms with Crippen molar-refractivity contribution in [3.8, 4) is 0 Å². The minimum atomic E-state index is -0.130. The first-order valence-electron chi connectivity index (χ1n) is 3.33. The Morgan fingerprint density at radius 1 is 1.67 bits per heavy atom. The Labute approximate surface area is 86.8 Å². The molecule has 1 amide bonds. The summed E-state index contributed by atoms with van der Waals surface area (Å²) in [5.74, 6) is -0.130. The molecule has 1 N–H and O–H groups in total. The molecule has 1 aromatic rings. The van der Waals surface area contributed by atoms with E-state index >= 15 is 0 Å². The second-order valence-electron chi connectivity index (χ2n) is 2.05. The van der Waals surface area contributed by atoms with E-state index in [0.29, 0.717) is 16.8 Å². The van der Waals surface area contributed by atoms with Crippen LogP contribution in [0.1, 0.15) is 10.4 Å². The summed E-state index contributed by atoms with van der Waals surface area (Å²) in [6.45, 7) is 0.608. The standard InChI is InChI=1S/C7H7Br2NO2/c8-2-3-10-7(11)5-1-4-12-6(5)9/h1,4H,2-3H2,(H,10,11). The van der Waals surface area contributed by atoms with Crippen LogP contribution in [0.15, 0.2) is 21.4 Å². The lowest BCUT2D eigenvalue weighted by Gasteiger charge is -1.99. The van der Waals surface area contributed by atoms with Gasteiger partial charge in [-0.25, -0.2) is 0 Å². The molecule has 1 rings (SSSR count). The summed E-state index contributed by atoms with van der Waals surface area (Å²) in [4.78, 5) is 11.3. The third-order valence-electron chi connectivity index (χ3n) is 1.24. The quantitative estimate of drug-likeness (QED) is 0.869. The van der Waals surface area contributed by atoms with Crippen LogP contribution in [0.25, 0.3) is 0 Å². The van der Waals surface area contributed by atoms with Gasteiger partial charge in [-0.2, -0.15) is 0 Å². The van der Waals surface area contributed by atoms with Gasteiger partial charge in [-0.1, -0.05) is 15.9 Å². The highest BCUT2D eigenvalue weighted by Gasteiger charge is 2.10. The van der Waals surface area contributed by atoms with Crippen molar-refractivity contribution >= 4 is 37.8 Å². The molecule has 0 spiro atoms. The zero-order valence-corrected chi connectivity index (χ0v) is 9.31. The minimum absolute atomic E-state index is 0.130. The molecule has 5 heteroatoms. The highest BCUT2D eigenvalue weighted by Crippen LogP contribution is 2.16. The molecule has 1 aromatic heterocycles. The molecule has 0 fully saturated rings. The Balaban J connectivity index is 2.59. The fourth-order valence-corrected chi connectivity index (χ4v) is 1.33. The highest BCUT2D eigenvalue weighted by atomic mass is 79.9. The van der Waals surface area contributed by atoms with Crippen molar-refractivity contribution in [2.24, 2.45) is 0 Å². The van der Waals surface area contributed by atoms with Crippen molar-refractivity contribution in [3.05, 3.63) is 22.6 Å². The predicted octanol–water partition coefficient (Wildman–Crippen LogP) is 2.17. The third kappa shape index (κ3) is 2.35. The molecule has 3 nitrogen and oxygen atoms in total. The average Bonchev–Trinajstić information content (AvgIpc) is 2.47. The van der Waals surface area contributed by atoms with E-state index in [1.807, 2.05) is 0 Å². The number of carbonyl (C=O) groups is 1. The molecule has 0 aromatic carbocycles. The van der Waals surface area contributed by atoms with E-state index < -0.39 is 0 Å². The molecule has 66 valence electrons. The molecule has 0 aliphatic carbocycles. The first-order valence-corrected chi connectivity index (χ1v) is 5.24. The van der Waals surface area contributed by atoms with Crippen molar-refractivity contribution in [3.63, 3.8) is 0 Å². The van der Waals surface area contributed by atoms with Crippen LogP contribution in [0.2, 0.25) is 0 Å². The van der Waals surface area contributed by atoms with Gasteiger partial charge < -0.3 is 9.73 Å². The second kappa shape index (κ2) is 4.67. The van der Waals surface area contributed by atoms with Crippen molar-refractivity contribution < 1.29 is 9.21 Å². The minimum Gasteiger partial charge on any atom is -0.457 e. The van der Waals surface area contributed by atoms with E-state index in [-0.39, 0.29) is 5.91 Å². The van der Waals surface area contributed by atoms with Crippen molar-refractivity contribution in [2.75, 3.05) is 11.9 Å². The summed E-state index contributed by atoms with van der Waals surface area (Å²) >= 11 is 6.33. The van der Waals surface area contributed by atoms with E-state index in [4.69, 9.17) is 4.42 Å². The molecular weight excluding hydrogens is 290 g/mol. The molecule has 0 aliphatic rings. The molecule has 12 heavy (non-hydrogen) atoms. The van der Waals surface area contributed by atoms with Gasteiger partial charge in [0.25, 0.3) is 5.91 Å². The van der Waals surface area contributed by atoms with Gasteiger partial charge in [-0.15, -0.1) is 0 Å². The number of rotatable bonds is 3. The predicted molar refractivity (Wildman–Crippen MR) is 52.5 cm³/mol. The number of alkyl halides is 1. The average molecular weight is 297 g/mol. The lowest BCUT2D eigenvalue weighted by molar-refractivity contribution is 0.0954. The number of hydrogen-bond acceptors (Lipinski definition) is 2. The lowest BCUT2D eigenvalue weighted by atomic mass is 10.3. The molecule has 0 bridgehead atoms. The zero-order chi connectivity index (χ0) is 8.97. The monoisotopic (exact) mass is 295 g/mol. The Bertz CT molecular complexity index is 272. The Kier molecular flexibility index (Phi) is 3.81. The SMILES string of the molecule is O=C(NCCBr)c1ccoc1Br. The maximum absolute atomic E-state index is 11.3. The molecule has 1 heterocycles. The summed E-state index contributed by atoms with van der Waals surface area (Å²) in [6, 6.07) is 1.62. The van der Waals surface area contributed by atoms with E-state index in [1.165, 1.54) is 6.26 Å². The molecule has 0 aliphatic heterocycles. The summed E-state index contributed by atoms with van der Waals surface area (Å²) in [5, 5.41) is 3.44. The second-order valence-corrected chi connectivity index (χ2v) is 3.57. The smallest absolute Gasteiger partial charge is 0.255 e. The van der Waals surface area contributed by atoms with Gasteiger partial charge in [-0.05, 0) is 22.0 Å². The maximum Gasteiger partial charge on any atom is 0.255 e. The number of hydrogen-bond donors (Lipinski definition) is 1. The summed E-state index contributed by atoms with van der Waals surface area (Å²) in [7, 11) is 0. The molecule has 0 saturated carbocycles.